The van der Waals surface area contributed by atoms with Crippen LogP contribution in [0.25, 0.3) is 11.0 Å². The average Bonchev–Trinajstić information content (AvgIpc) is 3.21. The summed E-state index contributed by atoms with van der Waals surface area (Å²) in [5.41, 5.74) is 4.33. The topological polar surface area (TPSA) is 70.2 Å². The van der Waals surface area contributed by atoms with Crippen LogP contribution in [0.5, 0.6) is 5.75 Å². The summed E-state index contributed by atoms with van der Waals surface area (Å²) in [6, 6.07) is 14.3. The summed E-state index contributed by atoms with van der Waals surface area (Å²) in [4.78, 5) is 21.7. The van der Waals surface area contributed by atoms with Gasteiger partial charge in [0, 0.05) is 19.6 Å². The maximum atomic E-state index is 12.5. The molecule has 0 aliphatic carbocycles. The number of carbonyl (C=O) groups excluding carboxylic acids is 1. The largest absolute Gasteiger partial charge is 0.497 e. The average molecular weight is 378 g/mol. The molecular weight excluding hydrogens is 352 g/mol. The van der Waals surface area contributed by atoms with Gasteiger partial charge in [-0.05, 0) is 60.6 Å². The first-order valence-electron chi connectivity index (χ1n) is 9.79. The molecular formula is C22H26N4O2. The summed E-state index contributed by atoms with van der Waals surface area (Å²) in [5.74, 6) is 1.52. The van der Waals surface area contributed by atoms with Gasteiger partial charge in [-0.25, -0.2) is 9.78 Å². The Bertz CT molecular complexity index is 927. The Balaban J connectivity index is 1.24. The Morgan fingerprint density at radius 2 is 1.93 bits per heavy atom. The van der Waals surface area contributed by atoms with E-state index < -0.39 is 0 Å². The molecule has 1 aromatic heterocycles. The lowest BCUT2D eigenvalue weighted by Crippen LogP contribution is -2.44. The smallest absolute Gasteiger partial charge is 0.317 e. The zero-order valence-corrected chi connectivity index (χ0v) is 16.1. The number of H-pyrrole nitrogens is 1. The first-order chi connectivity index (χ1) is 13.7. The predicted octanol–water partition coefficient (Wildman–Crippen LogP) is 3.74. The van der Waals surface area contributed by atoms with E-state index in [1.807, 2.05) is 35.2 Å². The second kappa shape index (κ2) is 8.33. The van der Waals surface area contributed by atoms with E-state index in [1.54, 1.807) is 13.4 Å². The van der Waals surface area contributed by atoms with Crippen LogP contribution in [0, 0.1) is 5.92 Å². The van der Waals surface area contributed by atoms with Gasteiger partial charge in [-0.1, -0.05) is 18.2 Å². The van der Waals surface area contributed by atoms with Gasteiger partial charge in [0.25, 0.3) is 0 Å². The Morgan fingerprint density at radius 1 is 1.18 bits per heavy atom. The zero-order chi connectivity index (χ0) is 19.3. The molecule has 1 aliphatic heterocycles. The standard InChI is InChI=1S/C22H26N4O2/c1-28-19-5-2-16(3-6-19)12-17-8-10-26(11-9-17)22(27)23-14-18-4-7-20-21(13-18)25-15-24-20/h2-7,13,15,17H,8-12,14H2,1H3,(H,23,27)(H,24,25). The van der Waals surface area contributed by atoms with Crippen LogP contribution in [0.1, 0.15) is 24.0 Å². The van der Waals surface area contributed by atoms with Crippen molar-refractivity contribution in [2.45, 2.75) is 25.8 Å². The summed E-state index contributed by atoms with van der Waals surface area (Å²) < 4.78 is 5.22. The number of aromatic amines is 1. The number of amides is 2. The molecule has 28 heavy (non-hydrogen) atoms. The molecule has 2 heterocycles. The highest BCUT2D eigenvalue weighted by Crippen LogP contribution is 2.23. The molecule has 0 radical (unpaired) electrons. The van der Waals surface area contributed by atoms with Gasteiger partial charge in [-0.3, -0.25) is 0 Å². The number of ether oxygens (including phenoxy) is 1. The second-order valence-electron chi connectivity index (χ2n) is 7.40. The Labute approximate surface area is 164 Å². The molecule has 3 aromatic rings. The first kappa shape index (κ1) is 18.3. The number of hydrogen-bond acceptors (Lipinski definition) is 3. The van der Waals surface area contributed by atoms with Gasteiger partial charge in [-0.15, -0.1) is 0 Å². The van der Waals surface area contributed by atoms with Crippen molar-refractivity contribution < 1.29 is 9.53 Å². The second-order valence-corrected chi connectivity index (χ2v) is 7.40. The van der Waals surface area contributed by atoms with E-state index in [2.05, 4.69) is 27.4 Å². The summed E-state index contributed by atoms with van der Waals surface area (Å²) in [5, 5.41) is 3.04. The van der Waals surface area contributed by atoms with E-state index in [9.17, 15) is 4.79 Å². The SMILES string of the molecule is COc1ccc(CC2CCN(C(=O)NCc3ccc4nc[nH]c4c3)CC2)cc1. The minimum Gasteiger partial charge on any atom is -0.497 e. The number of methoxy groups -OCH3 is 1. The van der Waals surface area contributed by atoms with E-state index in [4.69, 9.17) is 4.74 Å². The lowest BCUT2D eigenvalue weighted by atomic mass is 9.90. The highest BCUT2D eigenvalue weighted by atomic mass is 16.5. The lowest BCUT2D eigenvalue weighted by Gasteiger charge is -2.32. The number of hydrogen-bond donors (Lipinski definition) is 2. The van der Waals surface area contributed by atoms with Gasteiger partial charge in [0.05, 0.1) is 24.5 Å². The molecule has 2 N–H and O–H groups in total. The maximum absolute atomic E-state index is 12.5. The number of carbonyl (C=O) groups is 1. The van der Waals surface area contributed by atoms with Gasteiger partial charge in [0.1, 0.15) is 5.75 Å². The third-order valence-electron chi connectivity index (χ3n) is 5.51. The normalized spacial score (nSPS) is 15.0. The molecule has 0 bridgehead atoms. The van der Waals surface area contributed by atoms with Gasteiger partial charge < -0.3 is 19.9 Å². The summed E-state index contributed by atoms with van der Waals surface area (Å²) >= 11 is 0. The molecule has 0 unspecified atom stereocenters. The van der Waals surface area contributed by atoms with E-state index in [0.29, 0.717) is 12.5 Å². The maximum Gasteiger partial charge on any atom is 0.317 e. The van der Waals surface area contributed by atoms with Crippen molar-refractivity contribution in [2.75, 3.05) is 20.2 Å². The molecule has 0 saturated carbocycles. The molecule has 0 atom stereocenters. The Morgan fingerprint density at radius 3 is 2.68 bits per heavy atom. The number of aromatic nitrogens is 2. The zero-order valence-electron chi connectivity index (χ0n) is 16.1. The minimum absolute atomic E-state index is 0.0209. The molecule has 1 saturated heterocycles. The van der Waals surface area contributed by atoms with Crippen LogP contribution >= 0.6 is 0 Å². The van der Waals surface area contributed by atoms with E-state index in [-0.39, 0.29) is 6.03 Å². The number of imidazole rings is 1. The van der Waals surface area contributed by atoms with Crippen molar-refractivity contribution >= 4 is 17.1 Å². The molecule has 1 fully saturated rings. The van der Waals surface area contributed by atoms with Crippen LogP contribution in [0.3, 0.4) is 0 Å². The fraction of sp³-hybridized carbons (Fsp3) is 0.364. The van der Waals surface area contributed by atoms with E-state index >= 15 is 0 Å². The van der Waals surface area contributed by atoms with Crippen molar-refractivity contribution in [1.82, 2.24) is 20.2 Å². The number of rotatable bonds is 5. The predicted molar refractivity (Wildman–Crippen MR) is 109 cm³/mol. The lowest BCUT2D eigenvalue weighted by molar-refractivity contribution is 0.170. The number of likely N-dealkylation sites (tertiary alicyclic amines) is 1. The van der Waals surface area contributed by atoms with Crippen LogP contribution in [-0.2, 0) is 13.0 Å². The van der Waals surface area contributed by atoms with Crippen LogP contribution in [0.4, 0.5) is 4.79 Å². The number of nitrogens with zero attached hydrogens (tertiary/aromatic N) is 2. The van der Waals surface area contributed by atoms with Crippen molar-refractivity contribution in [3.05, 3.63) is 59.9 Å². The minimum atomic E-state index is 0.0209. The quantitative estimate of drug-likeness (QED) is 0.711. The summed E-state index contributed by atoms with van der Waals surface area (Å²) in [7, 11) is 1.69. The Kier molecular flexibility index (Phi) is 5.46. The van der Waals surface area contributed by atoms with Gasteiger partial charge >= 0.3 is 6.03 Å². The van der Waals surface area contributed by atoms with E-state index in [0.717, 1.165) is 54.7 Å². The number of urea groups is 1. The highest BCUT2D eigenvalue weighted by molar-refractivity contribution is 5.76. The number of piperidine rings is 1. The molecule has 4 rings (SSSR count). The van der Waals surface area contributed by atoms with Crippen LogP contribution in [0.2, 0.25) is 0 Å². The van der Waals surface area contributed by atoms with Crippen molar-refractivity contribution in [3.63, 3.8) is 0 Å². The van der Waals surface area contributed by atoms with Gasteiger partial charge in [-0.2, -0.15) is 0 Å². The fourth-order valence-electron chi connectivity index (χ4n) is 3.82. The molecule has 0 spiro atoms. The summed E-state index contributed by atoms with van der Waals surface area (Å²) in [6.45, 7) is 2.15. The third-order valence-corrected chi connectivity index (χ3v) is 5.51. The van der Waals surface area contributed by atoms with E-state index in [1.165, 1.54) is 5.56 Å². The van der Waals surface area contributed by atoms with Crippen molar-refractivity contribution in [2.24, 2.45) is 5.92 Å². The molecule has 146 valence electrons. The molecule has 6 nitrogen and oxygen atoms in total. The molecule has 1 aliphatic rings. The Hall–Kier alpha value is -3.02. The number of nitrogens with one attached hydrogen (secondary N) is 2. The van der Waals surface area contributed by atoms with Gasteiger partial charge in [0.15, 0.2) is 0 Å². The van der Waals surface area contributed by atoms with Crippen molar-refractivity contribution in [1.29, 1.82) is 0 Å². The third kappa shape index (κ3) is 4.27. The molecule has 2 aromatic carbocycles. The van der Waals surface area contributed by atoms with Gasteiger partial charge in [0.2, 0.25) is 0 Å². The molecule has 6 heteroatoms. The summed E-state index contributed by atoms with van der Waals surface area (Å²) in [6.07, 6.45) is 4.83. The van der Waals surface area contributed by atoms with Crippen LogP contribution in [-0.4, -0.2) is 41.1 Å². The number of benzene rings is 2. The highest BCUT2D eigenvalue weighted by Gasteiger charge is 2.22. The fourth-order valence-corrected chi connectivity index (χ4v) is 3.82. The van der Waals surface area contributed by atoms with Crippen LogP contribution < -0.4 is 10.1 Å². The first-order valence-corrected chi connectivity index (χ1v) is 9.79. The monoisotopic (exact) mass is 378 g/mol. The molecule has 2 amide bonds. The van der Waals surface area contributed by atoms with Crippen LogP contribution in [0.15, 0.2) is 48.8 Å². The number of fused-ring (bicyclic) bond motifs is 1. The van der Waals surface area contributed by atoms with Crippen molar-refractivity contribution in [3.8, 4) is 5.75 Å².